The van der Waals surface area contributed by atoms with Crippen LogP contribution < -0.4 is 5.32 Å². The first-order valence-electron chi connectivity index (χ1n) is 8.29. The number of carbonyl (C=O) groups excluding carboxylic acids is 1. The number of carbonyl (C=O) groups is 1. The first kappa shape index (κ1) is 15.5. The predicted octanol–water partition coefficient (Wildman–Crippen LogP) is 0.192. The Morgan fingerprint density at radius 3 is 3.26 bits per heavy atom. The van der Waals surface area contributed by atoms with Crippen LogP contribution in [0.3, 0.4) is 0 Å². The zero-order chi connectivity index (χ0) is 16.0. The minimum atomic E-state index is -0.288. The summed E-state index contributed by atoms with van der Waals surface area (Å²) < 4.78 is 6.23. The Morgan fingerprint density at radius 1 is 1.65 bits per heavy atom. The van der Waals surface area contributed by atoms with Gasteiger partial charge in [0, 0.05) is 49.9 Å². The van der Waals surface area contributed by atoms with Gasteiger partial charge in [-0.05, 0) is 13.3 Å². The number of amides is 1. The molecule has 0 unspecified atom stereocenters. The smallest absolute Gasteiger partial charge is 0.223 e. The maximum Gasteiger partial charge on any atom is 0.223 e. The number of aliphatic hydroxyl groups excluding tert-OH is 1. The van der Waals surface area contributed by atoms with Crippen LogP contribution in [0.25, 0.3) is 0 Å². The van der Waals surface area contributed by atoms with E-state index in [1.165, 1.54) is 0 Å². The Morgan fingerprint density at radius 2 is 2.52 bits per heavy atom. The summed E-state index contributed by atoms with van der Waals surface area (Å²) in [6.45, 7) is 5.06. The van der Waals surface area contributed by atoms with Crippen molar-refractivity contribution in [1.82, 2.24) is 15.2 Å². The van der Waals surface area contributed by atoms with Crippen LogP contribution in [0.4, 0.5) is 0 Å². The summed E-state index contributed by atoms with van der Waals surface area (Å²) in [4.78, 5) is 18.9. The van der Waals surface area contributed by atoms with Gasteiger partial charge in [0.2, 0.25) is 5.91 Å². The summed E-state index contributed by atoms with van der Waals surface area (Å²) in [5, 5.41) is 16.2. The van der Waals surface area contributed by atoms with Gasteiger partial charge in [-0.1, -0.05) is 0 Å². The number of aliphatic hydroxyl groups is 1. The number of fused-ring (bicyclic) bond motifs is 1. The number of morpholine rings is 1. The quantitative estimate of drug-likeness (QED) is 0.821. The van der Waals surface area contributed by atoms with Gasteiger partial charge in [0.25, 0.3) is 0 Å². The monoisotopic (exact) mass is 337 g/mol. The highest BCUT2D eigenvalue weighted by Gasteiger charge is 2.61. The van der Waals surface area contributed by atoms with Gasteiger partial charge >= 0.3 is 0 Å². The molecule has 0 saturated carbocycles. The van der Waals surface area contributed by atoms with Gasteiger partial charge in [-0.25, -0.2) is 4.98 Å². The van der Waals surface area contributed by atoms with E-state index in [9.17, 15) is 9.90 Å². The van der Waals surface area contributed by atoms with Gasteiger partial charge in [0.05, 0.1) is 23.4 Å². The Bertz CT molecular complexity index is 607. The molecule has 4 rings (SSSR count). The Balaban J connectivity index is 1.41. The van der Waals surface area contributed by atoms with Crippen molar-refractivity contribution in [2.75, 3.05) is 32.8 Å². The topological polar surface area (TPSA) is 74.7 Å². The highest BCUT2D eigenvalue weighted by atomic mass is 32.1. The summed E-state index contributed by atoms with van der Waals surface area (Å²) in [5.41, 5.74) is 0.714. The molecule has 3 aliphatic heterocycles. The van der Waals surface area contributed by atoms with Gasteiger partial charge in [-0.15, -0.1) is 11.3 Å². The molecule has 4 heterocycles. The molecule has 3 aliphatic rings. The number of nitrogens with zero attached hydrogens (tertiary/aromatic N) is 2. The van der Waals surface area contributed by atoms with E-state index < -0.39 is 0 Å². The largest absolute Gasteiger partial charge is 0.396 e. The minimum absolute atomic E-state index is 0.0917. The maximum absolute atomic E-state index is 12.6. The van der Waals surface area contributed by atoms with Crippen LogP contribution in [-0.4, -0.2) is 65.4 Å². The van der Waals surface area contributed by atoms with Crippen LogP contribution in [0.5, 0.6) is 0 Å². The molecule has 1 aromatic rings. The normalized spacial score (nSPS) is 35.6. The van der Waals surface area contributed by atoms with Crippen LogP contribution in [0.15, 0.2) is 5.38 Å². The second-order valence-corrected chi connectivity index (χ2v) is 8.00. The summed E-state index contributed by atoms with van der Waals surface area (Å²) in [5.74, 6) is 0.559. The molecule has 1 aromatic heterocycles. The molecule has 23 heavy (non-hydrogen) atoms. The molecule has 126 valence electrons. The molecule has 4 atom stereocenters. The molecule has 3 fully saturated rings. The van der Waals surface area contributed by atoms with Gasteiger partial charge in [-0.3, -0.25) is 4.79 Å². The second-order valence-electron chi connectivity index (χ2n) is 6.94. The van der Waals surface area contributed by atoms with Crippen molar-refractivity contribution in [3.05, 3.63) is 16.1 Å². The van der Waals surface area contributed by atoms with Gasteiger partial charge in [0.1, 0.15) is 5.60 Å². The lowest BCUT2D eigenvalue weighted by molar-refractivity contribution is -0.133. The van der Waals surface area contributed by atoms with Crippen molar-refractivity contribution in [3.63, 3.8) is 0 Å². The molecule has 3 saturated heterocycles. The van der Waals surface area contributed by atoms with E-state index in [2.05, 4.69) is 10.3 Å². The molecule has 0 aromatic carbocycles. The average Bonchev–Trinajstić information content (AvgIpc) is 3.15. The zero-order valence-corrected chi connectivity index (χ0v) is 14.1. The fourth-order valence-electron chi connectivity index (χ4n) is 4.41. The standard InChI is InChI=1S/C16H23N3O3S/c1-10-18-11(7-23-10)2-3-15(21)19-5-13-12(6-20)14-4-17-8-16(13,9-19)22-14/h7,12-14,17,20H,2-6,8-9H2,1H3/t12-,13+,14+,16+/m0/s1. The van der Waals surface area contributed by atoms with Crippen molar-refractivity contribution in [2.24, 2.45) is 11.8 Å². The lowest BCUT2D eigenvalue weighted by Gasteiger charge is -2.33. The molecule has 1 amide bonds. The second kappa shape index (κ2) is 5.81. The lowest BCUT2D eigenvalue weighted by atomic mass is 9.83. The van der Waals surface area contributed by atoms with Crippen molar-refractivity contribution >= 4 is 17.2 Å². The third-order valence-corrected chi connectivity index (χ3v) is 6.35. The number of likely N-dealkylation sites (tertiary alicyclic amines) is 1. The Hall–Kier alpha value is -1.02. The molecule has 6 nitrogen and oxygen atoms in total. The molecule has 7 heteroatoms. The van der Waals surface area contributed by atoms with Crippen LogP contribution in [0.1, 0.15) is 17.1 Å². The zero-order valence-electron chi connectivity index (χ0n) is 13.3. The van der Waals surface area contributed by atoms with Crippen LogP contribution in [0.2, 0.25) is 0 Å². The maximum atomic E-state index is 12.6. The third-order valence-electron chi connectivity index (χ3n) is 5.53. The van der Waals surface area contributed by atoms with E-state index in [1.807, 2.05) is 17.2 Å². The summed E-state index contributed by atoms with van der Waals surface area (Å²) in [7, 11) is 0. The highest BCUT2D eigenvalue weighted by molar-refractivity contribution is 7.09. The van der Waals surface area contributed by atoms with Crippen LogP contribution >= 0.6 is 11.3 Å². The van der Waals surface area contributed by atoms with E-state index in [4.69, 9.17) is 4.74 Å². The number of nitrogens with one attached hydrogen (secondary N) is 1. The van der Waals surface area contributed by atoms with Crippen molar-refractivity contribution in [1.29, 1.82) is 0 Å². The molecular weight excluding hydrogens is 314 g/mol. The summed E-state index contributed by atoms with van der Waals surface area (Å²) >= 11 is 1.62. The van der Waals surface area contributed by atoms with Crippen molar-refractivity contribution in [2.45, 2.75) is 31.5 Å². The molecular formula is C16H23N3O3S. The van der Waals surface area contributed by atoms with Crippen LogP contribution in [0, 0.1) is 18.8 Å². The number of rotatable bonds is 4. The first-order chi connectivity index (χ1) is 11.1. The predicted molar refractivity (Wildman–Crippen MR) is 86.3 cm³/mol. The summed E-state index contributed by atoms with van der Waals surface area (Å²) in [6.07, 6.45) is 1.28. The van der Waals surface area contributed by atoms with Gasteiger partial charge in [-0.2, -0.15) is 0 Å². The molecule has 0 aliphatic carbocycles. The van der Waals surface area contributed by atoms with E-state index >= 15 is 0 Å². The molecule has 2 bridgehead atoms. The number of aromatic nitrogens is 1. The molecule has 2 N–H and O–H groups in total. The minimum Gasteiger partial charge on any atom is -0.396 e. The van der Waals surface area contributed by atoms with Gasteiger partial charge in [0.15, 0.2) is 0 Å². The number of thiazole rings is 1. The van der Waals surface area contributed by atoms with Crippen LogP contribution in [-0.2, 0) is 16.0 Å². The highest BCUT2D eigenvalue weighted by Crippen LogP contribution is 2.47. The Labute approximate surface area is 139 Å². The van der Waals surface area contributed by atoms with E-state index in [1.54, 1.807) is 11.3 Å². The number of aryl methyl sites for hydroxylation is 2. The number of hydrogen-bond acceptors (Lipinski definition) is 6. The fourth-order valence-corrected chi connectivity index (χ4v) is 5.05. The third kappa shape index (κ3) is 2.59. The SMILES string of the molecule is Cc1nc(CCC(=O)N2C[C@@H]3[C@H](CO)[C@H]4CNC[C@]3(C2)O4)cs1. The lowest BCUT2D eigenvalue weighted by Crippen LogP contribution is -2.52. The molecule has 1 spiro atoms. The molecule has 0 radical (unpaired) electrons. The average molecular weight is 337 g/mol. The van der Waals surface area contributed by atoms with Crippen molar-refractivity contribution < 1.29 is 14.6 Å². The first-order valence-corrected chi connectivity index (χ1v) is 9.17. The summed E-state index contributed by atoms with van der Waals surface area (Å²) in [6, 6.07) is 0. The Kier molecular flexibility index (Phi) is 3.91. The fraction of sp³-hybridized carbons (Fsp3) is 0.750. The van der Waals surface area contributed by atoms with Crippen molar-refractivity contribution in [3.8, 4) is 0 Å². The number of hydrogen-bond donors (Lipinski definition) is 2. The van der Waals surface area contributed by atoms with E-state index in [-0.39, 0.29) is 36.1 Å². The van der Waals surface area contributed by atoms with E-state index in [0.717, 1.165) is 23.8 Å². The van der Waals surface area contributed by atoms with E-state index in [0.29, 0.717) is 25.9 Å². The van der Waals surface area contributed by atoms with Gasteiger partial charge < -0.3 is 20.1 Å². The number of ether oxygens (including phenoxy) is 1.